The van der Waals surface area contributed by atoms with E-state index in [0.717, 1.165) is 0 Å². The molecule has 0 radical (unpaired) electrons. The lowest BCUT2D eigenvalue weighted by Crippen LogP contribution is -2.28. The number of hydrogen-bond donors (Lipinski definition) is 2. The van der Waals surface area contributed by atoms with Crippen molar-refractivity contribution in [1.82, 2.24) is 20.1 Å². The summed E-state index contributed by atoms with van der Waals surface area (Å²) in [4.78, 5) is 24.9. The quantitative estimate of drug-likeness (QED) is 0.478. The number of anilines is 1. The molecule has 3 aromatic rings. The van der Waals surface area contributed by atoms with Crippen LogP contribution in [0.2, 0.25) is 0 Å². The summed E-state index contributed by atoms with van der Waals surface area (Å²) in [5, 5.41) is 14.6. The number of aromatic nitrogens is 3. The van der Waals surface area contributed by atoms with Crippen molar-refractivity contribution in [2.24, 2.45) is 7.05 Å². The van der Waals surface area contributed by atoms with Crippen LogP contribution < -0.4 is 20.1 Å². The van der Waals surface area contributed by atoms with E-state index in [9.17, 15) is 9.59 Å². The number of benzene rings is 2. The largest absolute Gasteiger partial charge is 0.497 e. The minimum absolute atomic E-state index is 0.149. The molecular formula is C22H25N5O4S. The van der Waals surface area contributed by atoms with Gasteiger partial charge in [0.25, 0.3) is 5.91 Å². The molecule has 2 amide bonds. The molecule has 9 nitrogen and oxygen atoms in total. The number of rotatable bonds is 9. The molecule has 1 aromatic heterocycles. The summed E-state index contributed by atoms with van der Waals surface area (Å²) in [7, 11) is 4.92. The molecule has 0 saturated heterocycles. The van der Waals surface area contributed by atoms with E-state index >= 15 is 0 Å². The Bertz CT molecular complexity index is 1080. The highest BCUT2D eigenvalue weighted by Gasteiger charge is 2.19. The third-order valence-corrected chi connectivity index (χ3v) is 5.69. The van der Waals surface area contributed by atoms with Gasteiger partial charge in [-0.05, 0) is 43.3 Å². The Hall–Kier alpha value is -3.53. The summed E-state index contributed by atoms with van der Waals surface area (Å²) in [5.41, 5.74) is 1.12. The average Bonchev–Trinajstić information content (AvgIpc) is 3.18. The van der Waals surface area contributed by atoms with Gasteiger partial charge in [0.15, 0.2) is 11.0 Å². The van der Waals surface area contributed by atoms with Crippen LogP contribution in [-0.4, -0.2) is 46.6 Å². The fourth-order valence-electron chi connectivity index (χ4n) is 2.98. The van der Waals surface area contributed by atoms with Gasteiger partial charge in [-0.15, -0.1) is 10.2 Å². The summed E-state index contributed by atoms with van der Waals surface area (Å²) in [6.45, 7) is 1.83. The van der Waals surface area contributed by atoms with Crippen LogP contribution in [0.5, 0.6) is 11.5 Å². The molecule has 0 bridgehead atoms. The zero-order valence-electron chi connectivity index (χ0n) is 18.3. The Kier molecular flexibility index (Phi) is 7.72. The van der Waals surface area contributed by atoms with Gasteiger partial charge in [0.2, 0.25) is 5.91 Å². The number of carbonyl (C=O) groups is 2. The Morgan fingerprint density at radius 1 is 1.06 bits per heavy atom. The molecule has 0 aliphatic heterocycles. The average molecular weight is 456 g/mol. The maximum absolute atomic E-state index is 12.5. The number of para-hydroxylation sites is 2. The van der Waals surface area contributed by atoms with Crippen LogP contribution in [0.15, 0.2) is 53.7 Å². The summed E-state index contributed by atoms with van der Waals surface area (Å²) in [6, 6.07) is 13.7. The summed E-state index contributed by atoms with van der Waals surface area (Å²) < 4.78 is 12.1. The minimum atomic E-state index is -0.376. The molecule has 1 atom stereocenters. The van der Waals surface area contributed by atoms with Crippen molar-refractivity contribution >= 4 is 29.3 Å². The molecule has 10 heteroatoms. The molecule has 32 heavy (non-hydrogen) atoms. The lowest BCUT2D eigenvalue weighted by molar-refractivity contribution is -0.113. The number of amides is 2. The van der Waals surface area contributed by atoms with Crippen molar-refractivity contribution in [3.63, 3.8) is 0 Å². The second-order valence-electron chi connectivity index (χ2n) is 6.86. The minimum Gasteiger partial charge on any atom is -0.497 e. The van der Waals surface area contributed by atoms with Gasteiger partial charge in [-0.2, -0.15) is 0 Å². The van der Waals surface area contributed by atoms with Crippen molar-refractivity contribution in [1.29, 1.82) is 0 Å². The molecule has 1 heterocycles. The zero-order chi connectivity index (χ0) is 23.1. The molecule has 0 fully saturated rings. The van der Waals surface area contributed by atoms with Gasteiger partial charge < -0.3 is 24.7 Å². The fourth-order valence-corrected chi connectivity index (χ4v) is 3.70. The highest BCUT2D eigenvalue weighted by Crippen LogP contribution is 2.24. The second-order valence-corrected chi connectivity index (χ2v) is 7.80. The maximum atomic E-state index is 12.5. The SMILES string of the molecule is COc1ccc(C(=O)N[C@@H](C)c2nnc(SCC(=O)Nc3ccccc3OC)n2C)cc1. The molecule has 0 saturated carbocycles. The van der Waals surface area contributed by atoms with Gasteiger partial charge in [-0.3, -0.25) is 9.59 Å². The second kappa shape index (κ2) is 10.7. The van der Waals surface area contributed by atoms with Crippen LogP contribution in [0.25, 0.3) is 0 Å². The van der Waals surface area contributed by atoms with Crippen molar-refractivity contribution in [2.45, 2.75) is 18.1 Å². The van der Waals surface area contributed by atoms with Gasteiger partial charge in [0.1, 0.15) is 11.5 Å². The van der Waals surface area contributed by atoms with Crippen LogP contribution in [0.4, 0.5) is 5.69 Å². The lowest BCUT2D eigenvalue weighted by atomic mass is 10.2. The Morgan fingerprint density at radius 2 is 1.78 bits per heavy atom. The van der Waals surface area contributed by atoms with Crippen LogP contribution in [0.3, 0.4) is 0 Å². The predicted octanol–water partition coefficient (Wildman–Crippen LogP) is 3.05. The Morgan fingerprint density at radius 3 is 2.47 bits per heavy atom. The van der Waals surface area contributed by atoms with Gasteiger partial charge in [0, 0.05) is 12.6 Å². The molecule has 0 spiro atoms. The summed E-state index contributed by atoms with van der Waals surface area (Å²) in [5.74, 6) is 1.59. The van der Waals surface area contributed by atoms with Gasteiger partial charge in [-0.1, -0.05) is 23.9 Å². The predicted molar refractivity (Wildman–Crippen MR) is 122 cm³/mol. The van der Waals surface area contributed by atoms with E-state index in [4.69, 9.17) is 9.47 Å². The third kappa shape index (κ3) is 5.58. The van der Waals surface area contributed by atoms with Gasteiger partial charge in [0.05, 0.1) is 31.7 Å². The number of hydrogen-bond acceptors (Lipinski definition) is 7. The first-order valence-electron chi connectivity index (χ1n) is 9.82. The van der Waals surface area contributed by atoms with E-state index in [-0.39, 0.29) is 23.6 Å². The highest BCUT2D eigenvalue weighted by atomic mass is 32.2. The molecule has 168 valence electrons. The van der Waals surface area contributed by atoms with E-state index in [1.165, 1.54) is 11.8 Å². The van der Waals surface area contributed by atoms with Crippen LogP contribution in [0.1, 0.15) is 29.1 Å². The molecule has 0 aliphatic rings. The first kappa shape index (κ1) is 23.1. The van der Waals surface area contributed by atoms with E-state index < -0.39 is 0 Å². The van der Waals surface area contributed by atoms with Crippen LogP contribution in [0, 0.1) is 0 Å². The Labute approximate surface area is 190 Å². The smallest absolute Gasteiger partial charge is 0.251 e. The van der Waals surface area contributed by atoms with Crippen molar-refractivity contribution < 1.29 is 19.1 Å². The summed E-state index contributed by atoms with van der Waals surface area (Å²) >= 11 is 1.26. The highest BCUT2D eigenvalue weighted by molar-refractivity contribution is 7.99. The van der Waals surface area contributed by atoms with Crippen LogP contribution in [-0.2, 0) is 11.8 Å². The molecule has 0 unspecified atom stereocenters. The van der Waals surface area contributed by atoms with Crippen molar-refractivity contribution in [3.8, 4) is 11.5 Å². The topological polar surface area (TPSA) is 107 Å². The maximum Gasteiger partial charge on any atom is 0.251 e. The van der Waals surface area contributed by atoms with Crippen molar-refractivity contribution in [2.75, 3.05) is 25.3 Å². The number of thioether (sulfide) groups is 1. The van der Waals surface area contributed by atoms with E-state index in [0.29, 0.717) is 33.7 Å². The molecular weight excluding hydrogens is 430 g/mol. The molecule has 0 aliphatic carbocycles. The number of methoxy groups -OCH3 is 2. The number of ether oxygens (including phenoxy) is 2. The monoisotopic (exact) mass is 455 g/mol. The van der Waals surface area contributed by atoms with E-state index in [1.54, 1.807) is 62.2 Å². The molecule has 2 N–H and O–H groups in total. The summed E-state index contributed by atoms with van der Waals surface area (Å²) in [6.07, 6.45) is 0. The molecule has 2 aromatic carbocycles. The normalized spacial score (nSPS) is 11.5. The number of nitrogens with one attached hydrogen (secondary N) is 2. The van der Waals surface area contributed by atoms with E-state index in [2.05, 4.69) is 20.8 Å². The first-order valence-corrected chi connectivity index (χ1v) is 10.8. The first-order chi connectivity index (χ1) is 15.4. The number of nitrogens with zero attached hydrogens (tertiary/aromatic N) is 3. The van der Waals surface area contributed by atoms with Gasteiger partial charge in [-0.25, -0.2) is 0 Å². The lowest BCUT2D eigenvalue weighted by Gasteiger charge is -2.14. The van der Waals surface area contributed by atoms with Gasteiger partial charge >= 0.3 is 0 Å². The zero-order valence-corrected chi connectivity index (χ0v) is 19.1. The fraction of sp³-hybridized carbons (Fsp3) is 0.273. The molecule has 3 rings (SSSR count). The van der Waals surface area contributed by atoms with Crippen molar-refractivity contribution in [3.05, 3.63) is 59.9 Å². The standard InChI is InChI=1S/C22H25N5O4S/c1-14(23-21(29)15-9-11-16(30-3)12-10-15)20-25-26-22(27(20)2)32-13-19(28)24-17-7-5-6-8-18(17)31-4/h5-12,14H,13H2,1-4H3,(H,23,29)(H,24,28)/t14-/m0/s1. The van der Waals surface area contributed by atoms with Crippen LogP contribution >= 0.6 is 11.8 Å². The Balaban J connectivity index is 1.58. The van der Waals surface area contributed by atoms with E-state index in [1.807, 2.05) is 19.1 Å². The third-order valence-electron chi connectivity index (χ3n) is 4.67. The number of carbonyl (C=O) groups excluding carboxylic acids is 2.